The monoisotopic (exact) mass is 1230 g/mol. The first kappa shape index (κ1) is 51.4. The number of pyridine rings is 1. The first-order valence-corrected chi connectivity index (χ1v) is 28.7. The van der Waals surface area contributed by atoms with Gasteiger partial charge in [-0.15, -0.1) is 0 Å². The standard InChI is InChI=1S/C74H59N5O.Pt/c1-73(2,3)53-43-44-75-71(47-53)79-67-38-21-18-34-60(67)59-33-16-19-36-65(59)78(55-29-14-9-15-30-55)66-37-20-17-35-61(66)62-42-41-58(49-70(62)79)80-57-32-24-31-56(48-57)76-50-77(69-40-23-22-39-68(69)76)72-63(51-25-10-7-11-26-51)45-54(74(4,5)6)46-64(72)52-27-12-8-13-28-52;/h7-47H,1-6H3;/q-2;. The van der Waals surface area contributed by atoms with Crippen molar-refractivity contribution in [2.75, 3.05) is 9.80 Å². The van der Waals surface area contributed by atoms with Crippen LogP contribution >= 0.6 is 0 Å². The summed E-state index contributed by atoms with van der Waals surface area (Å²) in [6.07, 6.45) is 1.93. The summed E-state index contributed by atoms with van der Waals surface area (Å²) < 4.78 is 12.8. The molecular weight excluding hydrogens is 1170 g/mol. The van der Waals surface area contributed by atoms with Crippen LogP contribution in [0.25, 0.3) is 66.9 Å². The molecule has 0 unspecified atom stereocenters. The van der Waals surface area contributed by atoms with Gasteiger partial charge in [0.05, 0.1) is 5.69 Å². The number of aromatic nitrogens is 3. The molecule has 0 radical (unpaired) electrons. The molecule has 81 heavy (non-hydrogen) atoms. The number of rotatable bonds is 8. The molecule has 7 heteroatoms. The van der Waals surface area contributed by atoms with Gasteiger partial charge in [-0.25, -0.2) is 0 Å². The second-order valence-electron chi connectivity index (χ2n) is 22.6. The molecule has 0 fully saturated rings. The Kier molecular flexibility index (Phi) is 13.2. The summed E-state index contributed by atoms with van der Waals surface area (Å²) in [6.45, 7) is 13.6. The van der Waals surface area contributed by atoms with Crippen LogP contribution in [-0.2, 0) is 30.2 Å². The number of anilines is 6. The molecule has 10 aromatic carbocycles. The number of nitrogens with zero attached hydrogens (tertiary/aromatic N) is 5. The van der Waals surface area contributed by atoms with E-state index in [2.05, 4.69) is 322 Å². The van der Waals surface area contributed by atoms with Gasteiger partial charge in [-0.1, -0.05) is 87.5 Å². The number of hydrogen-bond donors (Lipinski definition) is 0. The number of para-hydroxylation sites is 6. The molecule has 2 aromatic heterocycles. The molecular formula is C74H59N5OPt-2. The molecule has 0 N–H and O–H groups in total. The van der Waals surface area contributed by atoms with Crippen molar-refractivity contribution in [3.05, 3.63) is 276 Å². The van der Waals surface area contributed by atoms with Crippen LogP contribution in [0.15, 0.2) is 249 Å². The van der Waals surface area contributed by atoms with E-state index in [-0.39, 0.29) is 10.8 Å². The van der Waals surface area contributed by atoms with Crippen molar-refractivity contribution in [2.24, 2.45) is 0 Å². The van der Waals surface area contributed by atoms with Gasteiger partial charge < -0.3 is 4.90 Å². The van der Waals surface area contributed by atoms with Gasteiger partial charge in [-0.3, -0.25) is 0 Å². The number of benzene rings is 10. The van der Waals surface area contributed by atoms with Gasteiger partial charge in [0.2, 0.25) is 0 Å². The van der Waals surface area contributed by atoms with E-state index in [1.165, 1.54) is 11.1 Å². The van der Waals surface area contributed by atoms with Crippen LogP contribution < -0.4 is 14.5 Å². The predicted octanol–water partition coefficient (Wildman–Crippen LogP) is 19.8. The van der Waals surface area contributed by atoms with Crippen LogP contribution in [0.1, 0.15) is 52.7 Å². The molecule has 13 rings (SSSR count). The zero-order chi connectivity index (χ0) is 55.4. The summed E-state index contributed by atoms with van der Waals surface area (Å²) in [5.41, 5.74) is 19.9. The Morgan fingerprint density at radius 2 is 0.901 bits per heavy atom. The summed E-state index contributed by atoms with van der Waals surface area (Å²) in [5, 5.41) is 0. The summed E-state index contributed by atoms with van der Waals surface area (Å²) in [4.78, 5) is 9.85. The Morgan fingerprint density at radius 1 is 0.407 bits per heavy atom. The second kappa shape index (κ2) is 20.9. The van der Waals surface area contributed by atoms with Gasteiger partial charge in [0, 0.05) is 17.4 Å². The Hall–Kier alpha value is -9.09. The SMILES string of the molecule is CC(C)(C)c1ccnc(N2c3[c-]c(Oc4[c-]c(-n5[c](=[Pt])n(-c6c(-c7ccccc7)cc(C(C)(C)C)cc6-c6ccccc6)c6ccccc65)ccc4)ccc3-c3ccccc3N(c3ccccc3)c3ccccc3-c3ccccc32)c1. The Morgan fingerprint density at radius 3 is 1.48 bits per heavy atom. The van der Waals surface area contributed by atoms with Gasteiger partial charge in [0.25, 0.3) is 0 Å². The van der Waals surface area contributed by atoms with Crippen molar-refractivity contribution < 1.29 is 24.1 Å². The molecule has 1 aliphatic rings. The van der Waals surface area contributed by atoms with Crippen LogP contribution in [0.4, 0.5) is 34.3 Å². The fraction of sp³-hybridized carbons (Fsp3) is 0.108. The van der Waals surface area contributed by atoms with E-state index < -0.39 is 0 Å². The van der Waals surface area contributed by atoms with Crippen LogP contribution in [0.3, 0.4) is 0 Å². The summed E-state index contributed by atoms with van der Waals surface area (Å²) in [6, 6.07) is 94.0. The van der Waals surface area contributed by atoms with Crippen LogP contribution in [0, 0.1) is 15.9 Å². The van der Waals surface area contributed by atoms with E-state index in [0.29, 0.717) is 11.5 Å². The summed E-state index contributed by atoms with van der Waals surface area (Å²) in [7, 11) is 0. The third-order valence-electron chi connectivity index (χ3n) is 15.3. The van der Waals surface area contributed by atoms with Crippen molar-refractivity contribution in [1.82, 2.24) is 14.1 Å². The van der Waals surface area contributed by atoms with E-state index in [1.54, 1.807) is 0 Å². The normalized spacial score (nSPS) is 12.3. The van der Waals surface area contributed by atoms with Crippen LogP contribution in [-0.4, -0.2) is 14.1 Å². The summed E-state index contributed by atoms with van der Waals surface area (Å²) >= 11 is 2.51. The number of imidazole rings is 1. The Balaban J connectivity index is 1.00. The molecule has 0 saturated carbocycles. The zero-order valence-electron chi connectivity index (χ0n) is 46.1. The van der Waals surface area contributed by atoms with Crippen molar-refractivity contribution in [3.63, 3.8) is 0 Å². The molecule has 0 saturated heterocycles. The van der Waals surface area contributed by atoms with E-state index >= 15 is 0 Å². The molecule has 12 aromatic rings. The number of hydrogen-bond acceptors (Lipinski definition) is 4. The minimum absolute atomic E-state index is 0.100. The number of ether oxygens (including phenoxy) is 1. The molecule has 6 nitrogen and oxygen atoms in total. The average Bonchev–Trinajstić information content (AvgIpc) is 3.73. The van der Waals surface area contributed by atoms with Crippen molar-refractivity contribution in [2.45, 2.75) is 52.4 Å². The summed E-state index contributed by atoms with van der Waals surface area (Å²) in [5.74, 6) is 1.86. The van der Waals surface area contributed by atoms with E-state index in [9.17, 15) is 0 Å². The average molecular weight is 1230 g/mol. The maximum absolute atomic E-state index is 7.07. The van der Waals surface area contributed by atoms with E-state index in [0.717, 1.165) is 105 Å². The zero-order valence-corrected chi connectivity index (χ0v) is 48.4. The molecule has 0 spiro atoms. The molecule has 398 valence electrons. The Bertz CT molecular complexity index is 4320. The predicted molar refractivity (Wildman–Crippen MR) is 330 cm³/mol. The van der Waals surface area contributed by atoms with Crippen LogP contribution in [0.2, 0.25) is 0 Å². The van der Waals surface area contributed by atoms with Crippen molar-refractivity contribution >= 4 is 45.3 Å². The first-order valence-electron chi connectivity index (χ1n) is 27.5. The minimum atomic E-state index is -0.143. The Labute approximate surface area is 485 Å². The molecule has 1 aliphatic heterocycles. The van der Waals surface area contributed by atoms with Gasteiger partial charge in [-0.05, 0) is 41.3 Å². The van der Waals surface area contributed by atoms with E-state index in [1.807, 2.05) is 18.3 Å². The first-order chi connectivity index (χ1) is 39.4. The second-order valence-corrected chi connectivity index (χ2v) is 23.6. The van der Waals surface area contributed by atoms with Crippen molar-refractivity contribution in [1.29, 1.82) is 0 Å². The van der Waals surface area contributed by atoms with Crippen molar-refractivity contribution in [3.8, 4) is 67.4 Å². The number of fused-ring (bicyclic) bond motifs is 7. The molecule has 0 atom stereocenters. The fourth-order valence-electron chi connectivity index (χ4n) is 11.2. The molecule has 0 aliphatic carbocycles. The van der Waals surface area contributed by atoms with E-state index in [4.69, 9.17) is 9.72 Å². The molecule has 3 heterocycles. The quantitative estimate of drug-likeness (QED) is 0.142. The van der Waals surface area contributed by atoms with Gasteiger partial charge in [-0.2, -0.15) is 0 Å². The van der Waals surface area contributed by atoms with Gasteiger partial charge >= 0.3 is 332 Å². The maximum atomic E-state index is 7.07. The third kappa shape index (κ3) is 9.54. The van der Waals surface area contributed by atoms with Gasteiger partial charge in [0.15, 0.2) is 0 Å². The fourth-order valence-corrected chi connectivity index (χ4v) is 12.3. The molecule has 0 bridgehead atoms. The third-order valence-corrected chi connectivity index (χ3v) is 16.3. The van der Waals surface area contributed by atoms with Crippen LogP contribution in [0.5, 0.6) is 11.5 Å². The topological polar surface area (TPSA) is 38.5 Å². The molecule has 0 amide bonds. The van der Waals surface area contributed by atoms with Gasteiger partial charge in [0.1, 0.15) is 0 Å².